The maximum atomic E-state index is 12.7. The van der Waals surface area contributed by atoms with Crippen molar-refractivity contribution in [2.75, 3.05) is 19.9 Å². The largest absolute Gasteiger partial charge is 0.497 e. The molecule has 2 aromatic carbocycles. The first-order valence-corrected chi connectivity index (χ1v) is 11.2. The molecule has 0 saturated heterocycles. The van der Waals surface area contributed by atoms with Crippen LogP contribution in [-0.4, -0.2) is 40.3 Å². The van der Waals surface area contributed by atoms with E-state index < -0.39 is 0 Å². The summed E-state index contributed by atoms with van der Waals surface area (Å²) in [6, 6.07) is 13.9. The zero-order chi connectivity index (χ0) is 21.3. The summed E-state index contributed by atoms with van der Waals surface area (Å²) >= 11 is 2.72. The Balaban J connectivity index is 1.43. The summed E-state index contributed by atoms with van der Waals surface area (Å²) in [6.45, 7) is 0.512. The van der Waals surface area contributed by atoms with Crippen LogP contribution in [0.3, 0.4) is 0 Å². The molecule has 2 heterocycles. The molecule has 1 amide bonds. The van der Waals surface area contributed by atoms with E-state index in [2.05, 4.69) is 11.1 Å². The third kappa shape index (κ3) is 4.06. The van der Waals surface area contributed by atoms with Gasteiger partial charge < -0.3 is 9.64 Å². The second kappa shape index (κ2) is 8.49. The molecule has 154 valence electrons. The number of carbonyl (C=O) groups excluding carboxylic acids is 1. The molecule has 0 atom stereocenters. The number of thioether (sulfide) groups is 1. The van der Waals surface area contributed by atoms with Crippen molar-refractivity contribution in [3.63, 3.8) is 0 Å². The number of hydrogen-bond donors (Lipinski definition) is 0. The molecule has 0 bridgehead atoms. The van der Waals surface area contributed by atoms with Gasteiger partial charge in [0.05, 0.1) is 18.2 Å². The Kier molecular flexibility index (Phi) is 5.78. The van der Waals surface area contributed by atoms with Gasteiger partial charge in [-0.05, 0) is 46.0 Å². The van der Waals surface area contributed by atoms with Crippen molar-refractivity contribution in [2.24, 2.45) is 7.05 Å². The van der Waals surface area contributed by atoms with Crippen LogP contribution in [0.15, 0.2) is 57.8 Å². The van der Waals surface area contributed by atoms with E-state index in [9.17, 15) is 9.59 Å². The minimum Gasteiger partial charge on any atom is -0.497 e. The lowest BCUT2D eigenvalue weighted by Crippen LogP contribution is -2.28. The van der Waals surface area contributed by atoms with E-state index in [4.69, 9.17) is 4.74 Å². The summed E-state index contributed by atoms with van der Waals surface area (Å²) in [5.74, 6) is 1.03. The monoisotopic (exact) mass is 439 g/mol. The Labute approximate surface area is 182 Å². The fourth-order valence-corrected chi connectivity index (χ4v) is 4.92. The molecule has 0 unspecified atom stereocenters. The third-order valence-electron chi connectivity index (χ3n) is 4.95. The van der Waals surface area contributed by atoms with Gasteiger partial charge in [-0.25, -0.2) is 4.98 Å². The van der Waals surface area contributed by atoms with E-state index in [1.807, 2.05) is 35.7 Å². The van der Waals surface area contributed by atoms with Crippen molar-refractivity contribution in [3.05, 3.63) is 63.8 Å². The number of rotatable bonds is 6. The molecular formula is C22H21N3O3S2. The molecule has 0 saturated carbocycles. The highest BCUT2D eigenvalue weighted by molar-refractivity contribution is 7.99. The summed E-state index contributed by atoms with van der Waals surface area (Å²) in [4.78, 5) is 32.0. The van der Waals surface area contributed by atoms with Gasteiger partial charge in [-0.3, -0.25) is 14.2 Å². The van der Waals surface area contributed by atoms with Gasteiger partial charge in [0, 0.05) is 20.6 Å². The summed E-state index contributed by atoms with van der Waals surface area (Å²) < 4.78 is 6.77. The van der Waals surface area contributed by atoms with Crippen molar-refractivity contribution >= 4 is 50.0 Å². The molecule has 0 aliphatic heterocycles. The molecule has 6 nitrogen and oxygen atoms in total. The van der Waals surface area contributed by atoms with Gasteiger partial charge in [0.1, 0.15) is 10.6 Å². The molecular weight excluding hydrogens is 418 g/mol. The average molecular weight is 440 g/mol. The average Bonchev–Trinajstić information content (AvgIpc) is 3.23. The van der Waals surface area contributed by atoms with Gasteiger partial charge in [0.2, 0.25) is 5.91 Å². The fourth-order valence-electron chi connectivity index (χ4n) is 3.21. The number of amides is 1. The SMILES string of the molecule is COc1ccc2cc(CN(C)C(=O)CSc3nc4sccc4c(=O)n3C)ccc2c1. The van der Waals surface area contributed by atoms with Gasteiger partial charge in [-0.2, -0.15) is 0 Å². The molecule has 0 aliphatic rings. The van der Waals surface area contributed by atoms with Gasteiger partial charge in [-0.1, -0.05) is 30.0 Å². The second-order valence-corrected chi connectivity index (χ2v) is 8.82. The Morgan fingerprint density at radius 2 is 1.97 bits per heavy atom. The van der Waals surface area contributed by atoms with E-state index in [1.165, 1.54) is 27.7 Å². The van der Waals surface area contributed by atoms with Gasteiger partial charge in [0.25, 0.3) is 5.56 Å². The number of carbonyl (C=O) groups is 1. The van der Waals surface area contributed by atoms with Crippen LogP contribution in [0.5, 0.6) is 5.75 Å². The van der Waals surface area contributed by atoms with E-state index in [-0.39, 0.29) is 17.2 Å². The summed E-state index contributed by atoms with van der Waals surface area (Å²) in [6.07, 6.45) is 0. The van der Waals surface area contributed by atoms with Crippen LogP contribution in [0, 0.1) is 0 Å². The Morgan fingerprint density at radius 1 is 1.20 bits per heavy atom. The number of hydrogen-bond acceptors (Lipinski definition) is 6. The van der Waals surface area contributed by atoms with Crippen molar-refractivity contribution in [2.45, 2.75) is 11.7 Å². The predicted molar refractivity (Wildman–Crippen MR) is 123 cm³/mol. The van der Waals surface area contributed by atoms with Crippen LogP contribution < -0.4 is 10.3 Å². The Bertz CT molecular complexity index is 1300. The minimum atomic E-state index is -0.0858. The van der Waals surface area contributed by atoms with E-state index in [0.29, 0.717) is 21.9 Å². The Morgan fingerprint density at radius 3 is 2.77 bits per heavy atom. The van der Waals surface area contributed by atoms with E-state index in [0.717, 1.165) is 22.1 Å². The van der Waals surface area contributed by atoms with Gasteiger partial charge in [0.15, 0.2) is 5.16 Å². The van der Waals surface area contributed by atoms with E-state index in [1.54, 1.807) is 32.2 Å². The maximum absolute atomic E-state index is 12.7. The van der Waals surface area contributed by atoms with Crippen LogP contribution >= 0.6 is 23.1 Å². The Hall–Kier alpha value is -2.84. The van der Waals surface area contributed by atoms with Gasteiger partial charge in [-0.15, -0.1) is 11.3 Å². The van der Waals surface area contributed by atoms with Crippen LogP contribution in [0.2, 0.25) is 0 Å². The topological polar surface area (TPSA) is 64.4 Å². The molecule has 30 heavy (non-hydrogen) atoms. The van der Waals surface area contributed by atoms with Crippen LogP contribution in [0.1, 0.15) is 5.56 Å². The summed E-state index contributed by atoms with van der Waals surface area (Å²) in [5, 5.41) is 5.22. The van der Waals surface area contributed by atoms with Crippen LogP contribution in [-0.2, 0) is 18.4 Å². The first-order chi connectivity index (χ1) is 14.5. The number of nitrogens with zero attached hydrogens (tertiary/aromatic N) is 3. The molecule has 8 heteroatoms. The molecule has 2 aromatic heterocycles. The molecule has 4 rings (SSSR count). The second-order valence-electron chi connectivity index (χ2n) is 6.98. The number of fused-ring (bicyclic) bond motifs is 2. The first kappa shape index (κ1) is 20.4. The third-order valence-corrected chi connectivity index (χ3v) is 6.77. The number of ether oxygens (including phenoxy) is 1. The van der Waals surface area contributed by atoms with Crippen LogP contribution in [0.4, 0.5) is 0 Å². The molecule has 0 spiro atoms. The number of aromatic nitrogens is 2. The fraction of sp³-hybridized carbons (Fsp3) is 0.227. The quantitative estimate of drug-likeness (QED) is 0.337. The lowest BCUT2D eigenvalue weighted by molar-refractivity contribution is -0.127. The molecule has 0 radical (unpaired) electrons. The summed E-state index contributed by atoms with van der Waals surface area (Å²) in [5.41, 5.74) is 0.969. The van der Waals surface area contributed by atoms with Crippen LogP contribution in [0.25, 0.3) is 21.0 Å². The number of thiophene rings is 1. The highest BCUT2D eigenvalue weighted by Gasteiger charge is 2.14. The van der Waals surface area contributed by atoms with E-state index >= 15 is 0 Å². The summed E-state index contributed by atoms with van der Waals surface area (Å²) in [7, 11) is 5.13. The number of methoxy groups -OCH3 is 1. The lowest BCUT2D eigenvalue weighted by Gasteiger charge is -2.18. The first-order valence-electron chi connectivity index (χ1n) is 9.34. The van der Waals surface area contributed by atoms with Crippen molar-refractivity contribution < 1.29 is 9.53 Å². The smallest absolute Gasteiger partial charge is 0.262 e. The highest BCUT2D eigenvalue weighted by Crippen LogP contribution is 2.23. The van der Waals surface area contributed by atoms with Crippen molar-refractivity contribution in [1.82, 2.24) is 14.5 Å². The van der Waals surface area contributed by atoms with Crippen molar-refractivity contribution in [3.8, 4) is 5.75 Å². The minimum absolute atomic E-state index is 0.0182. The van der Waals surface area contributed by atoms with Gasteiger partial charge >= 0.3 is 0 Å². The molecule has 0 fully saturated rings. The molecule has 0 aliphatic carbocycles. The molecule has 4 aromatic rings. The predicted octanol–water partition coefficient (Wildman–Crippen LogP) is 3.91. The highest BCUT2D eigenvalue weighted by atomic mass is 32.2. The number of benzene rings is 2. The maximum Gasteiger partial charge on any atom is 0.262 e. The normalized spacial score (nSPS) is 11.2. The zero-order valence-corrected chi connectivity index (χ0v) is 18.5. The molecule has 0 N–H and O–H groups in total. The zero-order valence-electron chi connectivity index (χ0n) is 16.9. The van der Waals surface area contributed by atoms with Crippen molar-refractivity contribution in [1.29, 1.82) is 0 Å². The lowest BCUT2D eigenvalue weighted by atomic mass is 10.1. The standard InChI is InChI=1S/C22H21N3O3S2/c1-24(12-14-4-5-16-11-17(28-3)7-6-15(16)10-14)19(26)13-30-22-23-20-18(8-9-29-20)21(27)25(22)2/h4-11H,12-13H2,1-3H3.